The van der Waals surface area contributed by atoms with Gasteiger partial charge >= 0.3 is 11.9 Å². The van der Waals surface area contributed by atoms with Crippen LogP contribution in [0.25, 0.3) is 10.1 Å². The molecule has 22 heavy (non-hydrogen) atoms. The van der Waals surface area contributed by atoms with Gasteiger partial charge in [-0.05, 0) is 6.07 Å². The fourth-order valence-electron chi connectivity index (χ4n) is 2.21. The van der Waals surface area contributed by atoms with Crippen molar-refractivity contribution >= 4 is 50.6 Å². The third-order valence-electron chi connectivity index (χ3n) is 3.24. The second-order valence-corrected chi connectivity index (χ2v) is 6.18. The fourth-order valence-corrected chi connectivity index (χ4v) is 3.63. The molecule has 3 aromatic rings. The van der Waals surface area contributed by atoms with Gasteiger partial charge in [-0.15, -0.1) is 11.3 Å². The zero-order valence-corrected chi connectivity index (χ0v) is 13.1. The number of rotatable bonds is 3. The molecule has 2 heterocycles. The quantitative estimate of drug-likeness (QED) is 0.508. The minimum atomic E-state index is -1.03. The number of carboxylic acids is 1. The predicted octanol–water partition coefficient (Wildman–Crippen LogP) is 2.31. The summed E-state index contributed by atoms with van der Waals surface area (Å²) in [6.07, 6.45) is 1.58. The van der Waals surface area contributed by atoms with Crippen LogP contribution in [0.4, 0.5) is 5.69 Å². The van der Waals surface area contributed by atoms with E-state index in [0.717, 1.165) is 10.1 Å². The predicted molar refractivity (Wildman–Crippen MR) is 86.6 cm³/mol. The van der Waals surface area contributed by atoms with Crippen LogP contribution < -0.4 is 4.99 Å². The van der Waals surface area contributed by atoms with Crippen molar-refractivity contribution in [1.29, 1.82) is 0 Å². The molecule has 0 atom stereocenters. The summed E-state index contributed by atoms with van der Waals surface area (Å²) >= 11 is 7.66. The van der Waals surface area contributed by atoms with Gasteiger partial charge in [0.15, 0.2) is 4.88 Å². The number of carbonyl (C=O) groups is 1. The summed E-state index contributed by atoms with van der Waals surface area (Å²) in [6, 6.07) is 9.04. The molecule has 0 fully saturated rings. The summed E-state index contributed by atoms with van der Waals surface area (Å²) in [5.74, 6) is -1.14. The average Bonchev–Trinajstić information content (AvgIpc) is 3.00. The second kappa shape index (κ2) is 5.47. The Morgan fingerprint density at radius 2 is 2.05 bits per heavy atom. The van der Waals surface area contributed by atoms with Crippen LogP contribution in [0.2, 0.25) is 5.02 Å². The Morgan fingerprint density at radius 3 is 2.68 bits per heavy atom. The highest BCUT2D eigenvalue weighted by molar-refractivity contribution is 7.21. The van der Waals surface area contributed by atoms with E-state index >= 15 is 0 Å². The number of aromatic carboxylic acids is 1. The van der Waals surface area contributed by atoms with Crippen LogP contribution in [0.15, 0.2) is 36.5 Å². The van der Waals surface area contributed by atoms with E-state index < -0.39 is 5.97 Å². The Labute approximate surface area is 134 Å². The maximum Gasteiger partial charge on any atom is 0.383 e. The SMILES string of the molecule is Cn1cc([NH+]=C(O)c2sc3ccccc3c2Cl)cc1C(=O)O. The molecule has 0 aliphatic heterocycles. The van der Waals surface area contributed by atoms with Gasteiger partial charge in [-0.1, -0.05) is 29.8 Å². The largest absolute Gasteiger partial charge is 0.477 e. The molecule has 112 valence electrons. The smallest absolute Gasteiger partial charge is 0.383 e. The van der Waals surface area contributed by atoms with E-state index in [1.807, 2.05) is 24.3 Å². The molecule has 0 spiro atoms. The monoisotopic (exact) mass is 335 g/mol. The molecule has 3 N–H and O–H groups in total. The molecule has 0 amide bonds. The fraction of sp³-hybridized carbons (Fsp3) is 0.0667. The van der Waals surface area contributed by atoms with Crippen LogP contribution in [-0.4, -0.2) is 26.6 Å². The first-order valence-corrected chi connectivity index (χ1v) is 7.57. The van der Waals surface area contributed by atoms with Gasteiger partial charge in [0.1, 0.15) is 5.69 Å². The first-order chi connectivity index (χ1) is 10.5. The maximum atomic E-state index is 11.0. The average molecular weight is 336 g/mol. The number of hydrogen-bond donors (Lipinski definition) is 3. The van der Waals surface area contributed by atoms with E-state index in [1.54, 1.807) is 13.2 Å². The van der Waals surface area contributed by atoms with Crippen molar-refractivity contribution in [2.45, 2.75) is 0 Å². The van der Waals surface area contributed by atoms with Crippen molar-refractivity contribution in [3.63, 3.8) is 0 Å². The molecule has 0 bridgehead atoms. The van der Waals surface area contributed by atoms with E-state index in [9.17, 15) is 9.90 Å². The lowest BCUT2D eigenvalue weighted by Crippen LogP contribution is -2.66. The number of nitrogens with one attached hydrogen (secondary N) is 1. The normalized spacial score (nSPS) is 12.0. The summed E-state index contributed by atoms with van der Waals surface area (Å²) in [5.41, 5.74) is 0.601. The van der Waals surface area contributed by atoms with Crippen molar-refractivity contribution in [3.05, 3.63) is 52.1 Å². The zero-order valence-electron chi connectivity index (χ0n) is 11.5. The number of aromatic nitrogens is 1. The van der Waals surface area contributed by atoms with Gasteiger partial charge in [-0.2, -0.15) is 4.99 Å². The van der Waals surface area contributed by atoms with Gasteiger partial charge in [0.25, 0.3) is 0 Å². The summed E-state index contributed by atoms with van der Waals surface area (Å²) in [5, 5.41) is 20.6. The number of aliphatic hydroxyl groups is 1. The molecule has 5 nitrogen and oxygen atoms in total. The van der Waals surface area contributed by atoms with Crippen molar-refractivity contribution in [1.82, 2.24) is 4.57 Å². The van der Waals surface area contributed by atoms with Crippen LogP contribution in [0, 0.1) is 0 Å². The summed E-state index contributed by atoms with van der Waals surface area (Å²) in [7, 11) is 1.62. The van der Waals surface area contributed by atoms with Crippen molar-refractivity contribution in [2.75, 3.05) is 0 Å². The highest BCUT2D eigenvalue weighted by atomic mass is 35.5. The number of aliphatic hydroxyl groups excluding tert-OH is 1. The minimum absolute atomic E-state index is 0.103. The van der Waals surface area contributed by atoms with Crippen LogP contribution in [0.3, 0.4) is 0 Å². The molecule has 0 saturated heterocycles. The Balaban J connectivity index is 2.05. The van der Waals surface area contributed by atoms with Gasteiger partial charge in [-0.25, -0.2) is 4.79 Å². The Bertz CT molecular complexity index is 911. The molecule has 3 rings (SSSR count). The minimum Gasteiger partial charge on any atom is -0.477 e. The molecule has 2 aromatic heterocycles. The van der Waals surface area contributed by atoms with Gasteiger partial charge in [0.2, 0.25) is 5.69 Å². The van der Waals surface area contributed by atoms with Crippen LogP contribution in [0.1, 0.15) is 15.4 Å². The Morgan fingerprint density at radius 1 is 1.32 bits per heavy atom. The molecular weight excluding hydrogens is 324 g/mol. The summed E-state index contributed by atoms with van der Waals surface area (Å²) < 4.78 is 2.43. The third-order valence-corrected chi connectivity index (χ3v) is 4.92. The van der Waals surface area contributed by atoms with Crippen LogP contribution in [-0.2, 0) is 7.05 Å². The number of nitrogens with zero attached hydrogens (tertiary/aromatic N) is 1. The lowest BCUT2D eigenvalue weighted by atomic mass is 10.2. The molecule has 7 heteroatoms. The third kappa shape index (κ3) is 2.47. The molecular formula is C15H12ClN2O3S+. The van der Waals surface area contributed by atoms with E-state index in [2.05, 4.69) is 4.99 Å². The van der Waals surface area contributed by atoms with Crippen LogP contribution >= 0.6 is 22.9 Å². The number of thiophene rings is 1. The number of aryl methyl sites for hydroxylation is 1. The highest BCUT2D eigenvalue weighted by Gasteiger charge is 2.20. The number of carboxylic acid groups (broad SMARTS) is 1. The van der Waals surface area contributed by atoms with Gasteiger partial charge < -0.3 is 14.8 Å². The maximum absolute atomic E-state index is 11.0. The lowest BCUT2D eigenvalue weighted by molar-refractivity contribution is -0.364. The van der Waals surface area contributed by atoms with Gasteiger partial charge in [0, 0.05) is 23.2 Å². The number of halogens is 1. The second-order valence-electron chi connectivity index (χ2n) is 4.75. The first kappa shape index (κ1) is 14.6. The molecule has 0 radical (unpaired) electrons. The molecule has 0 saturated carbocycles. The zero-order chi connectivity index (χ0) is 15.9. The Hall–Kier alpha value is -2.31. The number of benzene rings is 1. The van der Waals surface area contributed by atoms with E-state index in [0.29, 0.717) is 15.6 Å². The van der Waals surface area contributed by atoms with Gasteiger partial charge in [0.05, 0.1) is 11.2 Å². The van der Waals surface area contributed by atoms with Crippen molar-refractivity contribution in [3.8, 4) is 0 Å². The van der Waals surface area contributed by atoms with Crippen molar-refractivity contribution in [2.24, 2.45) is 7.05 Å². The van der Waals surface area contributed by atoms with E-state index in [-0.39, 0.29) is 11.6 Å². The number of hydrogen-bond acceptors (Lipinski definition) is 2. The standard InChI is InChI=1S/C15H11ClN2O3S/c1-18-7-8(6-10(18)15(20)21)17-14(19)13-12(16)9-4-2-3-5-11(9)22-13/h2-7H,1H3,(H,17,19)(H,20,21)/p+1. The van der Waals surface area contributed by atoms with Crippen LogP contribution in [0.5, 0.6) is 0 Å². The molecule has 0 unspecified atom stereocenters. The molecule has 1 aromatic carbocycles. The van der Waals surface area contributed by atoms with E-state index in [4.69, 9.17) is 16.7 Å². The highest BCUT2D eigenvalue weighted by Crippen LogP contribution is 2.34. The van der Waals surface area contributed by atoms with E-state index in [1.165, 1.54) is 22.0 Å². The van der Waals surface area contributed by atoms with Gasteiger partial charge in [-0.3, -0.25) is 0 Å². The first-order valence-electron chi connectivity index (χ1n) is 6.37. The Kier molecular flexibility index (Phi) is 3.64. The van der Waals surface area contributed by atoms with Crippen molar-refractivity contribution < 1.29 is 20.0 Å². The lowest BCUT2D eigenvalue weighted by Gasteiger charge is -1.92. The molecule has 0 aliphatic rings. The summed E-state index contributed by atoms with van der Waals surface area (Å²) in [4.78, 5) is 14.3. The number of fused-ring (bicyclic) bond motifs is 1. The molecule has 0 aliphatic carbocycles. The topological polar surface area (TPSA) is 76.4 Å². The summed E-state index contributed by atoms with van der Waals surface area (Å²) in [6.45, 7) is 0.